The highest BCUT2D eigenvalue weighted by Gasteiger charge is 2.06. The van der Waals surface area contributed by atoms with Crippen LogP contribution < -0.4 is 10.6 Å². The lowest BCUT2D eigenvalue weighted by Gasteiger charge is -2.18. The van der Waals surface area contributed by atoms with Crippen molar-refractivity contribution in [1.29, 1.82) is 0 Å². The molecule has 0 saturated heterocycles. The van der Waals surface area contributed by atoms with Gasteiger partial charge in [0.1, 0.15) is 0 Å². The lowest BCUT2D eigenvalue weighted by Crippen LogP contribution is -2.42. The molecule has 0 aromatic rings. The number of methoxy groups -OCH3 is 1. The minimum Gasteiger partial charge on any atom is -0.469 e. The second kappa shape index (κ2) is 15.4. The van der Waals surface area contributed by atoms with Crippen molar-refractivity contribution in [2.75, 3.05) is 20.7 Å². The number of aliphatic imine (C=N–C) groups is 1. The molecule has 132 valence electrons. The standard InChI is InChI=1S/C16H33N3O2.HI/c1-13(2)9-8-10-14(3)19-16(17-4)18-12-7-6-11-15(20)21-5;/h13-14H,6-12H2,1-5H3,(H2,17,18,19);1H. The van der Waals surface area contributed by atoms with Crippen molar-refractivity contribution in [3.05, 3.63) is 0 Å². The number of esters is 1. The Balaban J connectivity index is 0. The molecule has 2 N–H and O–H groups in total. The van der Waals surface area contributed by atoms with E-state index in [1.54, 1.807) is 7.05 Å². The maximum absolute atomic E-state index is 11.0. The fraction of sp³-hybridized carbons (Fsp3) is 0.875. The van der Waals surface area contributed by atoms with Crippen LogP contribution in [0.25, 0.3) is 0 Å². The van der Waals surface area contributed by atoms with E-state index in [1.807, 2.05) is 0 Å². The Labute approximate surface area is 153 Å². The summed E-state index contributed by atoms with van der Waals surface area (Å²) in [7, 11) is 3.21. The van der Waals surface area contributed by atoms with Crippen molar-refractivity contribution in [3.8, 4) is 0 Å². The van der Waals surface area contributed by atoms with Gasteiger partial charge in [-0.1, -0.05) is 26.7 Å². The molecule has 0 amide bonds. The number of guanidine groups is 1. The second-order valence-electron chi connectivity index (χ2n) is 5.90. The molecule has 22 heavy (non-hydrogen) atoms. The van der Waals surface area contributed by atoms with Crippen LogP contribution in [0.15, 0.2) is 4.99 Å². The third kappa shape index (κ3) is 14.4. The highest BCUT2D eigenvalue weighted by atomic mass is 127. The molecular weight excluding hydrogens is 393 g/mol. The van der Waals surface area contributed by atoms with Crippen molar-refractivity contribution in [3.63, 3.8) is 0 Å². The van der Waals surface area contributed by atoms with Gasteiger partial charge in [-0.05, 0) is 32.1 Å². The Bertz CT molecular complexity index is 310. The third-order valence-corrected chi connectivity index (χ3v) is 3.35. The van der Waals surface area contributed by atoms with Crippen LogP contribution in [0.3, 0.4) is 0 Å². The first-order chi connectivity index (χ1) is 9.99. The van der Waals surface area contributed by atoms with Gasteiger partial charge >= 0.3 is 5.97 Å². The number of halogens is 1. The lowest BCUT2D eigenvalue weighted by molar-refractivity contribution is -0.140. The Morgan fingerprint density at radius 1 is 1.14 bits per heavy atom. The van der Waals surface area contributed by atoms with Gasteiger partial charge in [0.15, 0.2) is 5.96 Å². The zero-order valence-corrected chi connectivity index (χ0v) is 17.1. The Morgan fingerprint density at radius 2 is 1.82 bits per heavy atom. The molecule has 0 aliphatic rings. The molecule has 1 atom stereocenters. The first kappa shape index (κ1) is 23.7. The van der Waals surface area contributed by atoms with Crippen LogP contribution in [0.2, 0.25) is 0 Å². The summed E-state index contributed by atoms with van der Waals surface area (Å²) in [6.07, 6.45) is 5.91. The number of unbranched alkanes of at least 4 members (excludes halogenated alkanes) is 1. The number of ether oxygens (including phenoxy) is 1. The topological polar surface area (TPSA) is 62.7 Å². The van der Waals surface area contributed by atoms with E-state index in [4.69, 9.17) is 0 Å². The summed E-state index contributed by atoms with van der Waals surface area (Å²) in [6.45, 7) is 7.51. The van der Waals surface area contributed by atoms with Gasteiger partial charge in [0.05, 0.1) is 7.11 Å². The van der Waals surface area contributed by atoms with Gasteiger partial charge in [-0.3, -0.25) is 9.79 Å². The SMILES string of the molecule is CN=C(NCCCCC(=O)OC)NC(C)CCCC(C)C.I. The van der Waals surface area contributed by atoms with E-state index in [2.05, 4.69) is 41.1 Å². The van der Waals surface area contributed by atoms with Gasteiger partial charge in [-0.15, -0.1) is 24.0 Å². The molecule has 0 fully saturated rings. The predicted octanol–water partition coefficient (Wildman–Crippen LogP) is 3.33. The summed E-state index contributed by atoms with van der Waals surface area (Å²) in [5.41, 5.74) is 0. The molecule has 0 radical (unpaired) electrons. The Hall–Kier alpha value is -0.530. The molecule has 0 aliphatic carbocycles. The van der Waals surface area contributed by atoms with Crippen molar-refractivity contribution in [2.45, 2.75) is 65.3 Å². The summed E-state index contributed by atoms with van der Waals surface area (Å²) in [5, 5.41) is 6.68. The molecule has 0 spiro atoms. The largest absolute Gasteiger partial charge is 0.469 e. The maximum atomic E-state index is 11.0. The minimum atomic E-state index is -0.142. The van der Waals surface area contributed by atoms with Crippen LogP contribution in [0.5, 0.6) is 0 Å². The summed E-state index contributed by atoms with van der Waals surface area (Å²) in [6, 6.07) is 0.421. The number of nitrogens with zero attached hydrogens (tertiary/aromatic N) is 1. The average Bonchev–Trinajstić information content (AvgIpc) is 2.44. The van der Waals surface area contributed by atoms with E-state index in [9.17, 15) is 4.79 Å². The van der Waals surface area contributed by atoms with Crippen LogP contribution in [-0.2, 0) is 9.53 Å². The number of rotatable bonds is 10. The van der Waals surface area contributed by atoms with Crippen molar-refractivity contribution in [2.24, 2.45) is 10.9 Å². The van der Waals surface area contributed by atoms with E-state index in [0.29, 0.717) is 12.5 Å². The van der Waals surface area contributed by atoms with Crippen LogP contribution in [0, 0.1) is 5.92 Å². The molecule has 0 aromatic carbocycles. The fourth-order valence-corrected chi connectivity index (χ4v) is 2.04. The first-order valence-electron chi connectivity index (χ1n) is 8.03. The molecule has 0 aliphatic heterocycles. The molecule has 0 bridgehead atoms. The number of nitrogens with one attached hydrogen (secondary N) is 2. The van der Waals surface area contributed by atoms with E-state index < -0.39 is 0 Å². The number of hydrogen-bond acceptors (Lipinski definition) is 3. The molecule has 1 unspecified atom stereocenters. The Kier molecular flexibility index (Phi) is 16.6. The van der Waals surface area contributed by atoms with E-state index >= 15 is 0 Å². The average molecular weight is 427 g/mol. The van der Waals surface area contributed by atoms with E-state index in [-0.39, 0.29) is 29.9 Å². The van der Waals surface area contributed by atoms with Crippen LogP contribution in [-0.4, -0.2) is 38.7 Å². The molecule has 0 rings (SSSR count). The number of carbonyl (C=O) groups is 1. The second-order valence-corrected chi connectivity index (χ2v) is 5.90. The van der Waals surface area contributed by atoms with Crippen molar-refractivity contribution >= 4 is 35.9 Å². The number of carbonyl (C=O) groups excluding carboxylic acids is 1. The summed E-state index contributed by atoms with van der Waals surface area (Å²) in [5.74, 6) is 1.46. The van der Waals surface area contributed by atoms with Gasteiger partial charge in [0.25, 0.3) is 0 Å². The third-order valence-electron chi connectivity index (χ3n) is 3.35. The van der Waals surface area contributed by atoms with Gasteiger partial charge in [0.2, 0.25) is 0 Å². The van der Waals surface area contributed by atoms with Gasteiger partial charge < -0.3 is 15.4 Å². The molecule has 0 saturated carbocycles. The van der Waals surface area contributed by atoms with Crippen LogP contribution in [0.1, 0.15) is 59.3 Å². The maximum Gasteiger partial charge on any atom is 0.305 e. The van der Waals surface area contributed by atoms with E-state index in [0.717, 1.165) is 37.7 Å². The van der Waals surface area contributed by atoms with E-state index in [1.165, 1.54) is 20.0 Å². The fourth-order valence-electron chi connectivity index (χ4n) is 2.04. The zero-order chi connectivity index (χ0) is 16.1. The predicted molar refractivity (Wildman–Crippen MR) is 104 cm³/mol. The zero-order valence-electron chi connectivity index (χ0n) is 14.8. The summed E-state index contributed by atoms with van der Waals surface area (Å²) < 4.78 is 4.61. The van der Waals surface area contributed by atoms with Crippen molar-refractivity contribution in [1.82, 2.24) is 10.6 Å². The van der Waals surface area contributed by atoms with Crippen molar-refractivity contribution < 1.29 is 9.53 Å². The monoisotopic (exact) mass is 427 g/mol. The van der Waals surface area contributed by atoms with Gasteiger partial charge in [-0.2, -0.15) is 0 Å². The molecule has 0 aromatic heterocycles. The van der Waals surface area contributed by atoms with Crippen LogP contribution >= 0.6 is 24.0 Å². The lowest BCUT2D eigenvalue weighted by atomic mass is 10.0. The minimum absolute atomic E-state index is 0. The summed E-state index contributed by atoms with van der Waals surface area (Å²) >= 11 is 0. The Morgan fingerprint density at radius 3 is 2.36 bits per heavy atom. The van der Waals surface area contributed by atoms with Gasteiger partial charge in [-0.25, -0.2) is 0 Å². The molecule has 0 heterocycles. The quantitative estimate of drug-likeness (QED) is 0.185. The highest BCUT2D eigenvalue weighted by molar-refractivity contribution is 14.0. The van der Waals surface area contributed by atoms with Gasteiger partial charge in [0, 0.05) is 26.1 Å². The summed E-state index contributed by atoms with van der Waals surface area (Å²) in [4.78, 5) is 15.2. The number of hydrogen-bond donors (Lipinski definition) is 2. The normalized spacial score (nSPS) is 12.5. The molecule has 6 heteroatoms. The smallest absolute Gasteiger partial charge is 0.305 e. The highest BCUT2D eigenvalue weighted by Crippen LogP contribution is 2.08. The first-order valence-corrected chi connectivity index (χ1v) is 8.03. The molecule has 5 nitrogen and oxygen atoms in total. The molecular formula is C16H34IN3O2. The van der Waals surface area contributed by atoms with Crippen LogP contribution in [0.4, 0.5) is 0 Å².